The molecule has 1 aliphatic rings. The van der Waals surface area contributed by atoms with E-state index in [4.69, 9.17) is 0 Å². The van der Waals surface area contributed by atoms with Crippen LogP contribution in [0.1, 0.15) is 12.8 Å². The molecule has 66 valence electrons. The number of rotatable bonds is 0. The molecule has 0 spiro atoms. The number of hydrogen-bond acceptors (Lipinski definition) is 4. The average molecular weight is 198 g/mol. The van der Waals surface area contributed by atoms with Gasteiger partial charge < -0.3 is 0 Å². The second-order valence-corrected chi connectivity index (χ2v) is 7.45. The fourth-order valence-corrected chi connectivity index (χ4v) is 5.45. The lowest BCUT2D eigenvalue weighted by atomic mass is 10.4. The molecule has 0 saturated carbocycles. The van der Waals surface area contributed by atoms with E-state index in [0.29, 0.717) is 12.8 Å². The first-order valence-corrected chi connectivity index (χ1v) is 6.96. The van der Waals surface area contributed by atoms with Gasteiger partial charge in [-0.2, -0.15) is 0 Å². The molecule has 0 amide bonds. The minimum Gasteiger partial charge on any atom is -0.228 e. The fraction of sp³-hybridized carbons (Fsp3) is 1.00. The van der Waals surface area contributed by atoms with Crippen LogP contribution in [0.15, 0.2) is 0 Å². The van der Waals surface area contributed by atoms with Crippen LogP contribution in [0.25, 0.3) is 0 Å². The van der Waals surface area contributed by atoms with Crippen molar-refractivity contribution in [1.82, 2.24) is 0 Å². The van der Waals surface area contributed by atoms with E-state index in [1.54, 1.807) is 0 Å². The zero-order valence-electron chi connectivity index (χ0n) is 5.99. The summed E-state index contributed by atoms with van der Waals surface area (Å²) >= 11 is 0. The Morgan fingerprint density at radius 3 is 1.45 bits per heavy atom. The first-order chi connectivity index (χ1) is 4.91. The van der Waals surface area contributed by atoms with Gasteiger partial charge in [-0.15, -0.1) is 0 Å². The quantitative estimate of drug-likeness (QED) is 0.529. The van der Waals surface area contributed by atoms with E-state index in [0.717, 1.165) is 0 Å². The van der Waals surface area contributed by atoms with Gasteiger partial charge in [0.15, 0.2) is 24.8 Å². The predicted molar refractivity (Wildman–Crippen MR) is 41.7 cm³/mol. The van der Waals surface area contributed by atoms with E-state index in [1.165, 1.54) is 0 Å². The van der Waals surface area contributed by atoms with Gasteiger partial charge in [-0.3, -0.25) is 0 Å². The summed E-state index contributed by atoms with van der Waals surface area (Å²) in [7, 11) is -6.63. The highest BCUT2D eigenvalue weighted by Crippen LogP contribution is 2.10. The van der Waals surface area contributed by atoms with Crippen molar-refractivity contribution in [2.75, 3.05) is 16.6 Å². The Hall–Kier alpha value is -0.100. The van der Waals surface area contributed by atoms with Crippen LogP contribution in [0.3, 0.4) is 0 Å². The Balaban J connectivity index is 2.96. The summed E-state index contributed by atoms with van der Waals surface area (Å²) in [5.74, 6) is 0.0401. The van der Waals surface area contributed by atoms with E-state index in [1.807, 2.05) is 0 Å². The molecular formula is C5H10O4S2. The van der Waals surface area contributed by atoms with E-state index in [-0.39, 0.29) is 11.5 Å². The molecule has 0 aliphatic carbocycles. The lowest BCUT2D eigenvalue weighted by Crippen LogP contribution is -2.17. The third-order valence-electron chi connectivity index (χ3n) is 1.52. The number of hydrogen-bond donors (Lipinski definition) is 0. The number of sulfone groups is 2. The maximum absolute atomic E-state index is 10.9. The molecule has 0 unspecified atom stereocenters. The van der Waals surface area contributed by atoms with Crippen LogP contribution in [0.4, 0.5) is 0 Å². The highest BCUT2D eigenvalue weighted by atomic mass is 32.3. The van der Waals surface area contributed by atoms with Crippen LogP contribution in [-0.2, 0) is 19.7 Å². The van der Waals surface area contributed by atoms with Gasteiger partial charge in [0.25, 0.3) is 0 Å². The third kappa shape index (κ3) is 2.78. The van der Waals surface area contributed by atoms with Gasteiger partial charge in [0.1, 0.15) is 0 Å². The maximum Gasteiger partial charge on any atom is 0.164 e. The zero-order chi connectivity index (χ0) is 8.54. The minimum atomic E-state index is -3.31. The molecule has 1 heterocycles. The van der Waals surface area contributed by atoms with Crippen molar-refractivity contribution < 1.29 is 16.8 Å². The van der Waals surface area contributed by atoms with Crippen molar-refractivity contribution in [2.24, 2.45) is 0 Å². The molecule has 1 aliphatic heterocycles. The van der Waals surface area contributed by atoms with E-state index >= 15 is 0 Å². The SMILES string of the molecule is O=S1(=O)CCCCS(=O)(=O)C1. The molecule has 0 aromatic carbocycles. The molecule has 0 radical (unpaired) electrons. The molecule has 0 bridgehead atoms. The average Bonchev–Trinajstić information content (AvgIpc) is 1.86. The van der Waals surface area contributed by atoms with E-state index in [2.05, 4.69) is 0 Å². The van der Waals surface area contributed by atoms with Crippen molar-refractivity contribution >= 4 is 19.7 Å². The Kier molecular flexibility index (Phi) is 2.24. The van der Waals surface area contributed by atoms with Crippen molar-refractivity contribution in [1.29, 1.82) is 0 Å². The van der Waals surface area contributed by atoms with Gasteiger partial charge in [0.2, 0.25) is 0 Å². The molecule has 1 rings (SSSR count). The van der Waals surface area contributed by atoms with Crippen molar-refractivity contribution in [3.63, 3.8) is 0 Å². The van der Waals surface area contributed by atoms with E-state index < -0.39 is 24.8 Å². The molecule has 4 nitrogen and oxygen atoms in total. The second-order valence-electron chi connectivity index (χ2n) is 2.72. The smallest absolute Gasteiger partial charge is 0.164 e. The van der Waals surface area contributed by atoms with Gasteiger partial charge in [0.05, 0.1) is 11.5 Å². The van der Waals surface area contributed by atoms with Gasteiger partial charge in [-0.05, 0) is 12.8 Å². The predicted octanol–water partition coefficient (Wildman–Crippen LogP) is -0.433. The zero-order valence-corrected chi connectivity index (χ0v) is 7.62. The summed E-state index contributed by atoms with van der Waals surface area (Å²) in [6.07, 6.45) is 0.948. The summed E-state index contributed by atoms with van der Waals surface area (Å²) in [5.41, 5.74) is 0. The summed E-state index contributed by atoms with van der Waals surface area (Å²) in [6, 6.07) is 0. The molecule has 11 heavy (non-hydrogen) atoms. The van der Waals surface area contributed by atoms with Crippen molar-refractivity contribution in [3.8, 4) is 0 Å². The third-order valence-corrected chi connectivity index (χ3v) is 6.21. The molecule has 0 atom stereocenters. The summed E-state index contributed by atoms with van der Waals surface area (Å²) in [6.45, 7) is 0. The Morgan fingerprint density at radius 1 is 0.727 bits per heavy atom. The summed E-state index contributed by atoms with van der Waals surface area (Å²) in [5, 5.41) is -0.653. The first-order valence-electron chi connectivity index (χ1n) is 3.32. The Bertz CT molecular complexity index is 289. The lowest BCUT2D eigenvalue weighted by molar-refractivity contribution is 0.592. The van der Waals surface area contributed by atoms with Gasteiger partial charge >= 0.3 is 0 Å². The maximum atomic E-state index is 10.9. The van der Waals surface area contributed by atoms with Crippen molar-refractivity contribution in [2.45, 2.75) is 12.8 Å². The highest BCUT2D eigenvalue weighted by Gasteiger charge is 2.25. The lowest BCUT2D eigenvalue weighted by Gasteiger charge is -1.96. The minimum absolute atomic E-state index is 0.0201. The second kappa shape index (κ2) is 2.75. The molecular weight excluding hydrogens is 188 g/mol. The van der Waals surface area contributed by atoms with Crippen LogP contribution in [0.5, 0.6) is 0 Å². The van der Waals surface area contributed by atoms with Gasteiger partial charge in [-0.25, -0.2) is 16.8 Å². The molecule has 1 fully saturated rings. The summed E-state index contributed by atoms with van der Waals surface area (Å²) in [4.78, 5) is 0. The summed E-state index contributed by atoms with van der Waals surface area (Å²) < 4.78 is 43.6. The van der Waals surface area contributed by atoms with Gasteiger partial charge in [-0.1, -0.05) is 0 Å². The van der Waals surface area contributed by atoms with Gasteiger partial charge in [0, 0.05) is 0 Å². The fourth-order valence-electron chi connectivity index (χ4n) is 1.04. The Labute approximate surface area is 66.4 Å². The topological polar surface area (TPSA) is 68.3 Å². The normalized spacial score (nSPS) is 29.1. The first kappa shape index (κ1) is 8.99. The van der Waals surface area contributed by atoms with Crippen LogP contribution in [-0.4, -0.2) is 33.4 Å². The van der Waals surface area contributed by atoms with Crippen LogP contribution >= 0.6 is 0 Å². The molecule has 6 heteroatoms. The molecule has 1 saturated heterocycles. The molecule has 0 aromatic heterocycles. The molecule has 0 aromatic rings. The standard InChI is InChI=1S/C5H10O4S2/c6-10(7)3-1-2-4-11(8,9)5-10/h1-5H2. The van der Waals surface area contributed by atoms with Crippen LogP contribution < -0.4 is 0 Å². The van der Waals surface area contributed by atoms with Crippen molar-refractivity contribution in [3.05, 3.63) is 0 Å². The monoisotopic (exact) mass is 198 g/mol. The van der Waals surface area contributed by atoms with E-state index in [9.17, 15) is 16.8 Å². The van der Waals surface area contributed by atoms with Crippen LogP contribution in [0, 0.1) is 0 Å². The van der Waals surface area contributed by atoms with Crippen LogP contribution in [0.2, 0.25) is 0 Å². The largest absolute Gasteiger partial charge is 0.228 e. The Morgan fingerprint density at radius 2 is 1.09 bits per heavy atom. The highest BCUT2D eigenvalue weighted by molar-refractivity contribution is 8.08. The molecule has 0 N–H and O–H groups in total.